The lowest BCUT2D eigenvalue weighted by molar-refractivity contribution is -0.385. The summed E-state index contributed by atoms with van der Waals surface area (Å²) in [6.45, 7) is 3.06. The number of phenolic OH excluding ortho intramolecular Hbond substituents is 1. The molecule has 0 aliphatic carbocycles. The zero-order valence-electron chi connectivity index (χ0n) is 17.2. The Kier molecular flexibility index (Phi) is 6.49. The highest BCUT2D eigenvalue weighted by molar-refractivity contribution is 7.91. The maximum Gasteiger partial charge on any atom is 0.291 e. The van der Waals surface area contributed by atoms with Gasteiger partial charge in [0.1, 0.15) is 23.9 Å². The number of rotatable bonds is 8. The lowest BCUT2D eigenvalue weighted by Gasteiger charge is -2.09. The number of aromatic hydroxyl groups is 1. The molecule has 0 bridgehead atoms. The summed E-state index contributed by atoms with van der Waals surface area (Å²) in [6, 6.07) is 10.9. The van der Waals surface area contributed by atoms with E-state index in [-0.39, 0.29) is 40.1 Å². The van der Waals surface area contributed by atoms with Gasteiger partial charge in [-0.25, -0.2) is 8.42 Å². The van der Waals surface area contributed by atoms with Crippen molar-refractivity contribution in [3.8, 4) is 11.5 Å². The first-order chi connectivity index (χ1) is 15.1. The van der Waals surface area contributed by atoms with Gasteiger partial charge in [0.05, 0.1) is 21.3 Å². The zero-order valence-corrected chi connectivity index (χ0v) is 18.0. The highest BCUT2D eigenvalue weighted by Crippen LogP contribution is 2.28. The number of nitro groups is 1. The number of furan rings is 1. The van der Waals surface area contributed by atoms with Gasteiger partial charge in [-0.15, -0.1) is 0 Å². The van der Waals surface area contributed by atoms with Crippen molar-refractivity contribution < 1.29 is 32.4 Å². The van der Waals surface area contributed by atoms with E-state index < -0.39 is 20.7 Å². The second kappa shape index (κ2) is 9.10. The van der Waals surface area contributed by atoms with Crippen LogP contribution in [-0.4, -0.2) is 30.1 Å². The second-order valence-electron chi connectivity index (χ2n) is 6.80. The summed E-state index contributed by atoms with van der Waals surface area (Å²) in [5, 5.41) is 23.3. The van der Waals surface area contributed by atoms with Gasteiger partial charge in [-0.05, 0) is 49.4 Å². The Morgan fingerprint density at radius 1 is 1.19 bits per heavy atom. The number of phenols is 1. The van der Waals surface area contributed by atoms with E-state index in [2.05, 4.69) is 5.32 Å². The summed E-state index contributed by atoms with van der Waals surface area (Å²) in [5.74, 6) is -0.472. The van der Waals surface area contributed by atoms with Gasteiger partial charge in [-0.3, -0.25) is 14.9 Å². The second-order valence-corrected chi connectivity index (χ2v) is 9.07. The predicted octanol–water partition coefficient (Wildman–Crippen LogP) is 3.83. The molecule has 0 fully saturated rings. The SMILES string of the molecule is CCS(=O)(=O)c1ccc(O)c(NC(=O)c2ccc(COc3ccc([N+](=O)[O-])c(C)c3)o2)c1. The van der Waals surface area contributed by atoms with Crippen LogP contribution in [0.25, 0.3) is 0 Å². The van der Waals surface area contributed by atoms with E-state index in [1.165, 1.54) is 55.5 Å². The Bertz CT molecular complexity index is 1280. The number of nitrogens with one attached hydrogen (secondary N) is 1. The molecule has 10 nitrogen and oxygen atoms in total. The molecule has 0 aliphatic rings. The molecule has 2 aromatic carbocycles. The molecule has 3 rings (SSSR count). The number of hydrogen-bond donors (Lipinski definition) is 2. The standard InChI is InChI=1S/C21H20N2O8S/c1-3-32(28,29)16-6-8-19(24)17(11-16)22-21(25)20-9-5-15(31-20)12-30-14-4-7-18(23(26)27)13(2)10-14/h4-11,24H,3,12H2,1-2H3,(H,22,25). The average Bonchev–Trinajstić information content (AvgIpc) is 3.22. The number of amides is 1. The fourth-order valence-electron chi connectivity index (χ4n) is 2.81. The molecular formula is C21H20N2O8S. The van der Waals surface area contributed by atoms with Gasteiger partial charge in [0, 0.05) is 11.6 Å². The van der Waals surface area contributed by atoms with E-state index >= 15 is 0 Å². The zero-order chi connectivity index (χ0) is 23.5. The van der Waals surface area contributed by atoms with Crippen molar-refractivity contribution in [1.29, 1.82) is 0 Å². The number of sulfone groups is 1. The molecule has 168 valence electrons. The van der Waals surface area contributed by atoms with Crippen LogP contribution in [0.5, 0.6) is 11.5 Å². The Morgan fingerprint density at radius 3 is 2.59 bits per heavy atom. The van der Waals surface area contributed by atoms with Gasteiger partial charge < -0.3 is 19.6 Å². The van der Waals surface area contributed by atoms with Crippen molar-refractivity contribution in [3.63, 3.8) is 0 Å². The fraction of sp³-hybridized carbons (Fsp3) is 0.190. The van der Waals surface area contributed by atoms with E-state index in [1.54, 1.807) is 6.92 Å². The largest absolute Gasteiger partial charge is 0.506 e. The third-order valence-electron chi connectivity index (χ3n) is 4.59. The van der Waals surface area contributed by atoms with Crippen molar-refractivity contribution >= 4 is 27.1 Å². The molecule has 1 amide bonds. The monoisotopic (exact) mass is 460 g/mol. The van der Waals surface area contributed by atoms with Gasteiger partial charge in [-0.2, -0.15) is 0 Å². The van der Waals surface area contributed by atoms with Crippen LogP contribution >= 0.6 is 0 Å². The van der Waals surface area contributed by atoms with E-state index in [4.69, 9.17) is 9.15 Å². The number of carbonyl (C=O) groups is 1. The molecule has 2 N–H and O–H groups in total. The third-order valence-corrected chi connectivity index (χ3v) is 6.32. The molecule has 0 radical (unpaired) electrons. The Labute approximate surface area is 183 Å². The highest BCUT2D eigenvalue weighted by Gasteiger charge is 2.18. The van der Waals surface area contributed by atoms with Crippen molar-refractivity contribution in [2.75, 3.05) is 11.1 Å². The van der Waals surface area contributed by atoms with Gasteiger partial charge in [-0.1, -0.05) is 6.92 Å². The Balaban J connectivity index is 1.68. The van der Waals surface area contributed by atoms with Crippen molar-refractivity contribution in [1.82, 2.24) is 0 Å². The van der Waals surface area contributed by atoms with Crippen LogP contribution in [0, 0.1) is 17.0 Å². The lowest BCUT2D eigenvalue weighted by Crippen LogP contribution is -2.12. The van der Waals surface area contributed by atoms with Crippen LogP contribution in [0.2, 0.25) is 0 Å². The van der Waals surface area contributed by atoms with Crippen molar-refractivity contribution in [2.24, 2.45) is 0 Å². The summed E-state index contributed by atoms with van der Waals surface area (Å²) in [7, 11) is -3.52. The first-order valence-electron chi connectivity index (χ1n) is 9.44. The van der Waals surface area contributed by atoms with Gasteiger partial charge in [0.15, 0.2) is 15.6 Å². The number of nitro benzene ring substituents is 1. The van der Waals surface area contributed by atoms with Crippen LogP contribution < -0.4 is 10.1 Å². The molecule has 0 spiro atoms. The van der Waals surface area contributed by atoms with E-state index in [0.717, 1.165) is 0 Å². The topological polar surface area (TPSA) is 149 Å². The molecular weight excluding hydrogens is 440 g/mol. The molecule has 11 heteroatoms. The number of benzene rings is 2. The van der Waals surface area contributed by atoms with Gasteiger partial charge >= 0.3 is 0 Å². The van der Waals surface area contributed by atoms with Gasteiger partial charge in [0.25, 0.3) is 11.6 Å². The average molecular weight is 460 g/mol. The van der Waals surface area contributed by atoms with Crippen LogP contribution in [0.4, 0.5) is 11.4 Å². The lowest BCUT2D eigenvalue weighted by atomic mass is 10.2. The fourth-order valence-corrected chi connectivity index (χ4v) is 3.72. The molecule has 0 saturated heterocycles. The minimum Gasteiger partial charge on any atom is -0.506 e. The van der Waals surface area contributed by atoms with Crippen LogP contribution in [0.1, 0.15) is 28.8 Å². The molecule has 32 heavy (non-hydrogen) atoms. The number of aryl methyl sites for hydroxylation is 1. The summed E-state index contributed by atoms with van der Waals surface area (Å²) >= 11 is 0. The van der Waals surface area contributed by atoms with Crippen LogP contribution in [-0.2, 0) is 16.4 Å². The first kappa shape index (κ1) is 22.8. The smallest absolute Gasteiger partial charge is 0.291 e. The minimum absolute atomic E-state index is 0.0200. The van der Waals surface area contributed by atoms with E-state index in [9.17, 15) is 28.4 Å². The molecule has 3 aromatic rings. The number of ether oxygens (including phenoxy) is 1. The normalized spacial score (nSPS) is 11.2. The Morgan fingerprint density at radius 2 is 1.94 bits per heavy atom. The predicted molar refractivity (Wildman–Crippen MR) is 115 cm³/mol. The maximum atomic E-state index is 12.5. The summed E-state index contributed by atoms with van der Waals surface area (Å²) < 4.78 is 35.0. The van der Waals surface area contributed by atoms with Crippen LogP contribution in [0.3, 0.4) is 0 Å². The Hall–Kier alpha value is -3.86. The number of anilines is 1. The number of nitrogens with zero attached hydrogens (tertiary/aromatic N) is 1. The van der Waals surface area contributed by atoms with Crippen molar-refractivity contribution in [2.45, 2.75) is 25.3 Å². The van der Waals surface area contributed by atoms with Crippen molar-refractivity contribution in [3.05, 3.63) is 75.7 Å². The maximum absolute atomic E-state index is 12.5. The molecule has 0 saturated carbocycles. The molecule has 0 aliphatic heterocycles. The summed E-state index contributed by atoms with van der Waals surface area (Å²) in [5.41, 5.74) is 0.354. The number of hydrogen-bond acceptors (Lipinski definition) is 8. The first-order valence-corrected chi connectivity index (χ1v) is 11.1. The highest BCUT2D eigenvalue weighted by atomic mass is 32.2. The summed E-state index contributed by atoms with van der Waals surface area (Å²) in [4.78, 5) is 22.8. The molecule has 1 aromatic heterocycles. The van der Waals surface area contributed by atoms with Gasteiger partial charge in [0.2, 0.25) is 0 Å². The van der Waals surface area contributed by atoms with E-state index in [0.29, 0.717) is 17.1 Å². The molecule has 0 unspecified atom stereocenters. The molecule has 1 heterocycles. The number of carbonyl (C=O) groups excluding carboxylic acids is 1. The quantitative estimate of drug-likeness (QED) is 0.293. The third kappa shape index (κ3) is 5.06. The summed E-state index contributed by atoms with van der Waals surface area (Å²) in [6.07, 6.45) is 0. The minimum atomic E-state index is -3.52. The van der Waals surface area contributed by atoms with Crippen LogP contribution in [0.15, 0.2) is 57.8 Å². The molecule has 0 atom stereocenters. The van der Waals surface area contributed by atoms with E-state index in [1.807, 2.05) is 0 Å².